The number of hydrogen-bond donors (Lipinski definition) is 3. The second kappa shape index (κ2) is 9.56. The van der Waals surface area contributed by atoms with Crippen molar-refractivity contribution in [2.24, 2.45) is 17.8 Å². The van der Waals surface area contributed by atoms with Crippen molar-refractivity contribution in [3.05, 3.63) is 71.3 Å². The van der Waals surface area contributed by atoms with E-state index in [1.807, 2.05) is 24.3 Å². The third-order valence-electron chi connectivity index (χ3n) is 7.86. The molecule has 3 aliphatic carbocycles. The smallest absolute Gasteiger partial charge is 0.407 e. The summed E-state index contributed by atoms with van der Waals surface area (Å²) in [6, 6.07) is 16.5. The lowest BCUT2D eigenvalue weighted by molar-refractivity contribution is -0.132. The van der Waals surface area contributed by atoms with Crippen LogP contribution in [0.2, 0.25) is 0 Å². The summed E-state index contributed by atoms with van der Waals surface area (Å²) in [7, 11) is 0. The van der Waals surface area contributed by atoms with E-state index in [1.54, 1.807) is 0 Å². The Kier molecular flexibility index (Phi) is 6.32. The van der Waals surface area contributed by atoms with Gasteiger partial charge in [0.1, 0.15) is 6.61 Å². The van der Waals surface area contributed by atoms with Crippen LogP contribution in [0.1, 0.15) is 43.2 Å². The number of hydrogen-bond acceptors (Lipinski definition) is 4. The van der Waals surface area contributed by atoms with E-state index in [1.165, 1.54) is 35.3 Å². The number of carboxylic acids is 1. The number of nitrogens with one attached hydrogen (secondary N) is 2. The molecule has 0 spiro atoms. The van der Waals surface area contributed by atoms with Gasteiger partial charge in [-0.05, 0) is 60.3 Å². The fraction of sp³-hybridized carbons (Fsp3) is 0.393. The molecule has 0 heterocycles. The number of aliphatic carboxylic acids is 1. The van der Waals surface area contributed by atoms with Gasteiger partial charge in [0.15, 0.2) is 0 Å². The molecule has 2 aromatic carbocycles. The van der Waals surface area contributed by atoms with Crippen molar-refractivity contribution in [2.75, 3.05) is 13.2 Å². The zero-order valence-electron chi connectivity index (χ0n) is 19.7. The number of carbonyl (C=O) groups excluding carboxylic acids is 2. The summed E-state index contributed by atoms with van der Waals surface area (Å²) >= 11 is 0. The monoisotopic (exact) mass is 474 g/mol. The number of alkyl carbamates (subject to hydrolysis) is 1. The van der Waals surface area contributed by atoms with Gasteiger partial charge in [0.25, 0.3) is 0 Å². The van der Waals surface area contributed by atoms with E-state index in [2.05, 4.69) is 34.9 Å². The van der Waals surface area contributed by atoms with E-state index in [4.69, 9.17) is 9.84 Å². The first kappa shape index (κ1) is 23.1. The average Bonchev–Trinajstić information content (AvgIpc) is 3.36. The molecule has 0 bridgehead atoms. The predicted octanol–water partition coefficient (Wildman–Crippen LogP) is 4.09. The second-order valence-electron chi connectivity index (χ2n) is 9.84. The summed E-state index contributed by atoms with van der Waals surface area (Å²) in [6.45, 7) is 2.00. The molecule has 182 valence electrons. The van der Waals surface area contributed by atoms with Gasteiger partial charge in [0, 0.05) is 30.0 Å². The van der Waals surface area contributed by atoms with E-state index in [0.717, 1.165) is 19.3 Å². The van der Waals surface area contributed by atoms with Crippen molar-refractivity contribution >= 4 is 18.0 Å². The molecule has 35 heavy (non-hydrogen) atoms. The summed E-state index contributed by atoms with van der Waals surface area (Å²) in [5, 5.41) is 14.7. The summed E-state index contributed by atoms with van der Waals surface area (Å²) < 4.78 is 5.68. The topological polar surface area (TPSA) is 105 Å². The van der Waals surface area contributed by atoms with Crippen LogP contribution in [0.3, 0.4) is 0 Å². The van der Waals surface area contributed by atoms with Crippen LogP contribution in [-0.2, 0) is 14.3 Å². The normalized spacial score (nSPS) is 24.5. The Bertz CT molecular complexity index is 1140. The van der Waals surface area contributed by atoms with Crippen molar-refractivity contribution in [1.82, 2.24) is 10.6 Å². The molecule has 2 aromatic rings. The van der Waals surface area contributed by atoms with Crippen LogP contribution in [0, 0.1) is 17.8 Å². The number of amides is 2. The fourth-order valence-electron chi connectivity index (χ4n) is 5.93. The standard InChI is InChI=1S/C28H30N2O5/c1-16(27(32)33)10-11-29-26(31)18-12-17-14-25(23(17)13-18)30-28(34)35-15-24-21-8-4-2-6-19(21)20-7-3-5-9-22(20)24/h2-10,17-18,23-25H,11-15H2,1H3,(H,29,31)(H,30,34)(H,32,33)/b16-10+/t17-,18?,23-,25+/m1/s1. The summed E-state index contributed by atoms with van der Waals surface area (Å²) in [4.78, 5) is 36.0. The number of rotatable bonds is 7. The van der Waals surface area contributed by atoms with Gasteiger partial charge >= 0.3 is 12.1 Å². The molecule has 0 aliphatic heterocycles. The number of carboxylic acid groups (broad SMARTS) is 1. The summed E-state index contributed by atoms with van der Waals surface area (Å²) in [5.74, 6) is -0.393. The molecule has 2 fully saturated rings. The Morgan fingerprint density at radius 2 is 1.66 bits per heavy atom. The molecule has 3 N–H and O–H groups in total. The summed E-state index contributed by atoms with van der Waals surface area (Å²) in [5.41, 5.74) is 4.97. The van der Waals surface area contributed by atoms with Gasteiger partial charge in [0.05, 0.1) is 0 Å². The number of carbonyl (C=O) groups is 3. The van der Waals surface area contributed by atoms with Crippen LogP contribution >= 0.6 is 0 Å². The van der Waals surface area contributed by atoms with Crippen molar-refractivity contribution in [2.45, 2.75) is 38.1 Å². The largest absolute Gasteiger partial charge is 0.478 e. The quantitative estimate of drug-likeness (QED) is 0.525. The maximum atomic E-state index is 12.6. The van der Waals surface area contributed by atoms with Gasteiger partial charge in [-0.15, -0.1) is 0 Å². The number of benzene rings is 2. The molecule has 5 rings (SSSR count). The zero-order valence-corrected chi connectivity index (χ0v) is 19.7. The van der Waals surface area contributed by atoms with E-state index in [9.17, 15) is 14.4 Å². The molecule has 4 atom stereocenters. The van der Waals surface area contributed by atoms with Crippen molar-refractivity contribution in [3.63, 3.8) is 0 Å². The van der Waals surface area contributed by atoms with Crippen LogP contribution in [-0.4, -0.2) is 42.3 Å². The fourth-order valence-corrected chi connectivity index (χ4v) is 5.93. The lowest BCUT2D eigenvalue weighted by Crippen LogP contribution is -2.50. The van der Waals surface area contributed by atoms with Crippen molar-refractivity contribution in [1.29, 1.82) is 0 Å². The first-order chi connectivity index (χ1) is 16.9. The van der Waals surface area contributed by atoms with Gasteiger partial charge < -0.3 is 20.5 Å². The highest BCUT2D eigenvalue weighted by Gasteiger charge is 2.50. The second-order valence-corrected chi connectivity index (χ2v) is 9.84. The SMILES string of the molecule is C/C(=C\CNC(=O)C1C[C@@H]2C[C@H](NC(=O)OCC3c4ccccc4-c4ccccc43)[C@@H]2C1)C(=O)O. The predicted molar refractivity (Wildman–Crippen MR) is 131 cm³/mol. The van der Waals surface area contributed by atoms with Crippen LogP contribution < -0.4 is 10.6 Å². The Morgan fingerprint density at radius 1 is 1.00 bits per heavy atom. The molecule has 0 saturated heterocycles. The van der Waals surface area contributed by atoms with Crippen LogP contribution in [0.5, 0.6) is 0 Å². The first-order valence-electron chi connectivity index (χ1n) is 12.2. The zero-order chi connectivity index (χ0) is 24.5. The van der Waals surface area contributed by atoms with Crippen LogP contribution in [0.15, 0.2) is 60.2 Å². The van der Waals surface area contributed by atoms with E-state index in [0.29, 0.717) is 5.92 Å². The minimum atomic E-state index is -0.986. The summed E-state index contributed by atoms with van der Waals surface area (Å²) in [6.07, 6.45) is 3.49. The van der Waals surface area contributed by atoms with Crippen molar-refractivity contribution < 1.29 is 24.2 Å². The third kappa shape index (κ3) is 4.55. The molecular weight excluding hydrogens is 444 g/mol. The molecule has 2 amide bonds. The molecule has 0 radical (unpaired) electrons. The number of ether oxygens (including phenoxy) is 1. The maximum absolute atomic E-state index is 12.6. The van der Waals surface area contributed by atoms with Gasteiger partial charge in [-0.25, -0.2) is 9.59 Å². The molecular formula is C28H30N2O5. The molecule has 3 aliphatic rings. The first-order valence-corrected chi connectivity index (χ1v) is 12.2. The molecule has 2 saturated carbocycles. The highest BCUT2D eigenvalue weighted by Crippen LogP contribution is 2.50. The molecule has 1 unspecified atom stereocenters. The van der Waals surface area contributed by atoms with Gasteiger partial charge in [0.2, 0.25) is 5.91 Å². The molecule has 7 heteroatoms. The van der Waals surface area contributed by atoms with Gasteiger partial charge in [-0.1, -0.05) is 54.6 Å². The average molecular weight is 475 g/mol. The molecule has 7 nitrogen and oxygen atoms in total. The van der Waals surface area contributed by atoms with Crippen LogP contribution in [0.25, 0.3) is 11.1 Å². The lowest BCUT2D eigenvalue weighted by atomic mass is 9.71. The van der Waals surface area contributed by atoms with E-state index < -0.39 is 12.1 Å². The molecule has 0 aromatic heterocycles. The Balaban J connectivity index is 1.11. The Labute approximate surface area is 204 Å². The van der Waals surface area contributed by atoms with Gasteiger partial charge in [-0.3, -0.25) is 4.79 Å². The van der Waals surface area contributed by atoms with Crippen LogP contribution in [0.4, 0.5) is 4.79 Å². The van der Waals surface area contributed by atoms with E-state index in [-0.39, 0.29) is 48.4 Å². The maximum Gasteiger partial charge on any atom is 0.407 e. The minimum absolute atomic E-state index is 0.0284. The lowest BCUT2D eigenvalue weighted by Gasteiger charge is -2.40. The highest BCUT2D eigenvalue weighted by atomic mass is 16.5. The Morgan fingerprint density at radius 3 is 2.31 bits per heavy atom. The van der Waals surface area contributed by atoms with Gasteiger partial charge in [-0.2, -0.15) is 0 Å². The third-order valence-corrected chi connectivity index (χ3v) is 7.86. The Hall–Kier alpha value is -3.61. The minimum Gasteiger partial charge on any atom is -0.478 e. The van der Waals surface area contributed by atoms with E-state index >= 15 is 0 Å². The van der Waals surface area contributed by atoms with Crippen molar-refractivity contribution in [3.8, 4) is 11.1 Å². The number of fused-ring (bicyclic) bond motifs is 4. The highest BCUT2D eigenvalue weighted by molar-refractivity contribution is 5.86.